The van der Waals surface area contributed by atoms with Crippen LogP contribution in [0.2, 0.25) is 0 Å². The predicted molar refractivity (Wildman–Crippen MR) is 86.5 cm³/mol. The molecule has 0 spiro atoms. The molecule has 21 heavy (non-hydrogen) atoms. The largest absolute Gasteiger partial charge is 0.378 e. The van der Waals surface area contributed by atoms with Gasteiger partial charge in [-0.25, -0.2) is 8.42 Å². The van der Waals surface area contributed by atoms with Crippen molar-refractivity contribution >= 4 is 15.8 Å². The minimum atomic E-state index is -2.94. The zero-order valence-corrected chi connectivity index (χ0v) is 14.3. The number of piperidine rings is 1. The molecule has 0 aromatic heterocycles. The van der Waals surface area contributed by atoms with Crippen LogP contribution in [0.15, 0.2) is 4.99 Å². The fourth-order valence-electron chi connectivity index (χ4n) is 2.17. The lowest BCUT2D eigenvalue weighted by Gasteiger charge is -2.33. The van der Waals surface area contributed by atoms with Gasteiger partial charge in [-0.1, -0.05) is 6.92 Å². The number of sulfone groups is 1. The van der Waals surface area contributed by atoms with E-state index >= 15 is 0 Å². The van der Waals surface area contributed by atoms with Gasteiger partial charge in [0.1, 0.15) is 9.84 Å². The Kier molecular flexibility index (Phi) is 8.03. The molecule has 1 aliphatic rings. The second-order valence-corrected chi connectivity index (χ2v) is 7.91. The van der Waals surface area contributed by atoms with Gasteiger partial charge in [0, 0.05) is 25.9 Å². The zero-order valence-electron chi connectivity index (χ0n) is 13.5. The molecule has 0 bridgehead atoms. The third-order valence-electron chi connectivity index (χ3n) is 3.51. The standard InChI is InChI=1S/C14H29N3O3S/c1-4-15-14(17-8-5-13(2)6-9-17)16-7-10-20-11-12-21(3,18)19/h13H,4-12H2,1-3H3,(H,15,16). The summed E-state index contributed by atoms with van der Waals surface area (Å²) >= 11 is 0. The molecule has 0 unspecified atom stereocenters. The number of hydrogen-bond donors (Lipinski definition) is 1. The Morgan fingerprint density at radius 3 is 2.57 bits per heavy atom. The molecular weight excluding hydrogens is 290 g/mol. The van der Waals surface area contributed by atoms with Crippen LogP contribution in [-0.2, 0) is 14.6 Å². The van der Waals surface area contributed by atoms with Gasteiger partial charge < -0.3 is 15.0 Å². The first-order valence-corrected chi connectivity index (χ1v) is 9.77. The van der Waals surface area contributed by atoms with E-state index in [9.17, 15) is 8.42 Å². The highest BCUT2D eigenvalue weighted by Gasteiger charge is 2.18. The summed E-state index contributed by atoms with van der Waals surface area (Å²) in [6.07, 6.45) is 3.62. The Labute approximate surface area is 128 Å². The van der Waals surface area contributed by atoms with Gasteiger partial charge in [0.15, 0.2) is 5.96 Å². The molecule has 0 atom stereocenters. The topological polar surface area (TPSA) is 71.0 Å². The molecule has 1 rings (SSSR count). The van der Waals surface area contributed by atoms with E-state index in [0.29, 0.717) is 13.2 Å². The first-order chi connectivity index (χ1) is 9.92. The van der Waals surface area contributed by atoms with E-state index in [-0.39, 0.29) is 12.4 Å². The van der Waals surface area contributed by atoms with Crippen LogP contribution in [-0.4, -0.2) is 70.7 Å². The molecule has 0 saturated carbocycles. The average molecular weight is 319 g/mol. The van der Waals surface area contributed by atoms with Gasteiger partial charge in [0.05, 0.1) is 25.5 Å². The second kappa shape index (κ2) is 9.25. The highest BCUT2D eigenvalue weighted by Crippen LogP contribution is 2.15. The van der Waals surface area contributed by atoms with E-state index in [1.165, 1.54) is 19.1 Å². The zero-order chi connectivity index (χ0) is 15.7. The summed E-state index contributed by atoms with van der Waals surface area (Å²) in [4.78, 5) is 6.84. The molecule has 0 radical (unpaired) electrons. The van der Waals surface area contributed by atoms with Crippen LogP contribution in [0.1, 0.15) is 26.7 Å². The molecule has 1 saturated heterocycles. The summed E-state index contributed by atoms with van der Waals surface area (Å²) in [5, 5.41) is 3.31. The van der Waals surface area contributed by atoms with Gasteiger partial charge in [-0.05, 0) is 25.7 Å². The third-order valence-corrected chi connectivity index (χ3v) is 4.42. The molecule has 0 aromatic rings. The molecule has 0 aliphatic carbocycles. The van der Waals surface area contributed by atoms with Crippen LogP contribution in [0.4, 0.5) is 0 Å². The third kappa shape index (κ3) is 8.26. The first-order valence-electron chi connectivity index (χ1n) is 7.71. The summed E-state index contributed by atoms with van der Waals surface area (Å²) < 4.78 is 27.2. The summed E-state index contributed by atoms with van der Waals surface area (Å²) in [5.74, 6) is 1.81. The maximum Gasteiger partial charge on any atom is 0.193 e. The van der Waals surface area contributed by atoms with Crippen LogP contribution in [0, 0.1) is 5.92 Å². The Bertz CT molecular complexity index is 415. The van der Waals surface area contributed by atoms with Gasteiger partial charge in [0.25, 0.3) is 0 Å². The SMILES string of the molecule is CCNC(=NCCOCCS(C)(=O)=O)N1CCC(C)CC1. The van der Waals surface area contributed by atoms with Crippen molar-refractivity contribution in [2.45, 2.75) is 26.7 Å². The van der Waals surface area contributed by atoms with Crippen molar-refractivity contribution < 1.29 is 13.2 Å². The van der Waals surface area contributed by atoms with E-state index in [2.05, 4.69) is 29.1 Å². The van der Waals surface area contributed by atoms with Crippen molar-refractivity contribution in [1.29, 1.82) is 0 Å². The minimum Gasteiger partial charge on any atom is -0.378 e. The van der Waals surface area contributed by atoms with Crippen molar-refractivity contribution in [1.82, 2.24) is 10.2 Å². The van der Waals surface area contributed by atoms with Gasteiger partial charge in [-0.2, -0.15) is 0 Å². The molecule has 0 amide bonds. The van der Waals surface area contributed by atoms with Crippen LogP contribution in [0.3, 0.4) is 0 Å². The fraction of sp³-hybridized carbons (Fsp3) is 0.929. The number of rotatable bonds is 7. The Hall–Kier alpha value is -0.820. The molecular formula is C14H29N3O3S. The van der Waals surface area contributed by atoms with E-state index < -0.39 is 9.84 Å². The van der Waals surface area contributed by atoms with E-state index in [4.69, 9.17) is 4.74 Å². The normalized spacial score (nSPS) is 18.0. The first kappa shape index (κ1) is 18.2. The molecule has 1 N–H and O–H groups in total. The monoisotopic (exact) mass is 319 g/mol. The maximum absolute atomic E-state index is 11.0. The maximum atomic E-state index is 11.0. The number of likely N-dealkylation sites (tertiary alicyclic amines) is 1. The van der Waals surface area contributed by atoms with Gasteiger partial charge in [-0.15, -0.1) is 0 Å². The number of nitrogens with zero attached hydrogens (tertiary/aromatic N) is 2. The number of aliphatic imine (C=N–C) groups is 1. The summed E-state index contributed by atoms with van der Waals surface area (Å²) in [5.41, 5.74) is 0. The Balaban J connectivity index is 2.31. The minimum absolute atomic E-state index is 0.0702. The van der Waals surface area contributed by atoms with Crippen molar-refractivity contribution in [2.24, 2.45) is 10.9 Å². The average Bonchev–Trinajstić information content (AvgIpc) is 2.41. The summed E-state index contributed by atoms with van der Waals surface area (Å²) in [6.45, 7) is 8.53. The van der Waals surface area contributed by atoms with Gasteiger partial charge in [-0.3, -0.25) is 4.99 Å². The summed E-state index contributed by atoms with van der Waals surface area (Å²) in [6, 6.07) is 0. The van der Waals surface area contributed by atoms with Crippen LogP contribution < -0.4 is 5.32 Å². The van der Waals surface area contributed by atoms with Gasteiger partial charge in [0.2, 0.25) is 0 Å². The molecule has 6 nitrogen and oxygen atoms in total. The van der Waals surface area contributed by atoms with Crippen molar-refractivity contribution in [2.75, 3.05) is 51.4 Å². The van der Waals surface area contributed by atoms with Crippen molar-refractivity contribution in [3.63, 3.8) is 0 Å². The number of hydrogen-bond acceptors (Lipinski definition) is 4. The van der Waals surface area contributed by atoms with Crippen molar-refractivity contribution in [3.05, 3.63) is 0 Å². The van der Waals surface area contributed by atoms with Crippen LogP contribution in [0.25, 0.3) is 0 Å². The molecule has 1 aliphatic heterocycles. The fourth-order valence-corrected chi connectivity index (χ4v) is 2.60. The molecule has 0 aromatic carbocycles. The Morgan fingerprint density at radius 2 is 2.00 bits per heavy atom. The lowest BCUT2D eigenvalue weighted by Crippen LogP contribution is -2.45. The second-order valence-electron chi connectivity index (χ2n) is 5.65. The smallest absolute Gasteiger partial charge is 0.193 e. The van der Waals surface area contributed by atoms with E-state index in [1.807, 2.05) is 0 Å². The molecule has 7 heteroatoms. The quantitative estimate of drug-likeness (QED) is 0.426. The number of ether oxygens (including phenoxy) is 1. The highest BCUT2D eigenvalue weighted by atomic mass is 32.2. The van der Waals surface area contributed by atoms with E-state index in [0.717, 1.165) is 31.5 Å². The van der Waals surface area contributed by atoms with Gasteiger partial charge >= 0.3 is 0 Å². The van der Waals surface area contributed by atoms with Crippen LogP contribution >= 0.6 is 0 Å². The molecule has 124 valence electrons. The lowest BCUT2D eigenvalue weighted by atomic mass is 10.00. The Morgan fingerprint density at radius 1 is 1.33 bits per heavy atom. The highest BCUT2D eigenvalue weighted by molar-refractivity contribution is 7.90. The molecule has 1 fully saturated rings. The number of guanidine groups is 1. The molecule has 1 heterocycles. The van der Waals surface area contributed by atoms with Crippen LogP contribution in [0.5, 0.6) is 0 Å². The lowest BCUT2D eigenvalue weighted by molar-refractivity contribution is 0.156. The van der Waals surface area contributed by atoms with Crippen molar-refractivity contribution in [3.8, 4) is 0 Å². The number of nitrogens with one attached hydrogen (secondary N) is 1. The van der Waals surface area contributed by atoms with E-state index in [1.54, 1.807) is 0 Å². The predicted octanol–water partition coefficient (Wildman–Crippen LogP) is 0.745. The summed E-state index contributed by atoms with van der Waals surface area (Å²) in [7, 11) is -2.94.